The molecule has 0 aliphatic carbocycles. The van der Waals surface area contributed by atoms with Gasteiger partial charge in [-0.05, 0) is 79.2 Å². The van der Waals surface area contributed by atoms with Gasteiger partial charge < -0.3 is 14.0 Å². The summed E-state index contributed by atoms with van der Waals surface area (Å²) in [6.45, 7) is 5.35. The van der Waals surface area contributed by atoms with E-state index in [1.807, 2.05) is 51.1 Å². The maximum Gasteiger partial charge on any atom is 0.264 e. The molecule has 0 aliphatic rings. The number of halogens is 1. The molecule has 0 atom stereocenters. The van der Waals surface area contributed by atoms with Crippen molar-refractivity contribution in [2.24, 2.45) is 5.10 Å². The Labute approximate surface area is 248 Å². The highest BCUT2D eigenvalue weighted by atomic mass is 79.9. The lowest BCUT2D eigenvalue weighted by Crippen LogP contribution is -2.39. The third-order valence-electron chi connectivity index (χ3n) is 6.51. The zero-order chi connectivity index (χ0) is 29.7. The Bertz CT molecular complexity index is 1700. The van der Waals surface area contributed by atoms with Crippen LogP contribution in [-0.4, -0.2) is 45.9 Å². The molecule has 0 spiro atoms. The predicted octanol–water partition coefficient (Wildman–Crippen LogP) is 5.53. The van der Waals surface area contributed by atoms with Crippen molar-refractivity contribution in [3.05, 3.63) is 99.8 Å². The molecule has 41 heavy (non-hydrogen) atoms. The molecule has 1 amide bonds. The van der Waals surface area contributed by atoms with E-state index in [4.69, 9.17) is 9.47 Å². The van der Waals surface area contributed by atoms with E-state index in [0.717, 1.165) is 37.0 Å². The molecule has 0 fully saturated rings. The van der Waals surface area contributed by atoms with Crippen LogP contribution < -0.4 is 19.2 Å². The Morgan fingerprint density at radius 1 is 0.976 bits per heavy atom. The van der Waals surface area contributed by atoms with Crippen molar-refractivity contribution in [2.75, 3.05) is 25.1 Å². The molecule has 0 bridgehead atoms. The summed E-state index contributed by atoms with van der Waals surface area (Å²) in [7, 11) is -1.27. The Morgan fingerprint density at radius 2 is 1.66 bits per heavy atom. The van der Waals surface area contributed by atoms with Crippen molar-refractivity contribution < 1.29 is 22.7 Å². The van der Waals surface area contributed by atoms with E-state index < -0.39 is 22.5 Å². The SMILES string of the molecule is COc1ccc(S(=O)(=O)N(CC(=O)N/N=C\c2cc(C)n(-c3ccccc3Br)c2C)c2ccc(C)cc2)cc1OC. The minimum atomic E-state index is -4.16. The molecular weight excluding hydrogens is 608 g/mol. The molecule has 1 aromatic heterocycles. The third kappa shape index (κ3) is 6.47. The normalized spacial score (nSPS) is 11.5. The van der Waals surface area contributed by atoms with Crippen LogP contribution in [0.15, 0.2) is 87.3 Å². The van der Waals surface area contributed by atoms with Crippen LogP contribution in [0.5, 0.6) is 11.5 Å². The number of ether oxygens (including phenoxy) is 2. The zero-order valence-electron chi connectivity index (χ0n) is 23.4. The van der Waals surface area contributed by atoms with Crippen LogP contribution in [-0.2, 0) is 14.8 Å². The van der Waals surface area contributed by atoms with Gasteiger partial charge in [-0.3, -0.25) is 9.10 Å². The van der Waals surface area contributed by atoms with E-state index in [1.54, 1.807) is 30.5 Å². The quantitative estimate of drug-likeness (QED) is 0.182. The summed E-state index contributed by atoms with van der Waals surface area (Å²) in [6, 6.07) is 21.0. The van der Waals surface area contributed by atoms with Crippen molar-refractivity contribution in [1.82, 2.24) is 9.99 Å². The molecule has 1 heterocycles. The maximum atomic E-state index is 13.8. The Balaban J connectivity index is 1.59. The number of hydrazone groups is 1. The van der Waals surface area contributed by atoms with E-state index in [1.165, 1.54) is 32.4 Å². The number of anilines is 1. The van der Waals surface area contributed by atoms with Crippen molar-refractivity contribution in [3.8, 4) is 17.2 Å². The van der Waals surface area contributed by atoms with Gasteiger partial charge in [0.25, 0.3) is 15.9 Å². The lowest BCUT2D eigenvalue weighted by atomic mass is 10.2. The van der Waals surface area contributed by atoms with Gasteiger partial charge in [0.05, 0.1) is 36.7 Å². The molecule has 0 aliphatic heterocycles. The molecule has 214 valence electrons. The number of benzene rings is 3. The number of carbonyl (C=O) groups excluding carboxylic acids is 1. The summed E-state index contributed by atoms with van der Waals surface area (Å²) in [5.41, 5.74) is 7.49. The number of hydrogen-bond acceptors (Lipinski definition) is 6. The molecule has 4 rings (SSSR count). The fourth-order valence-corrected chi connectivity index (χ4v) is 6.29. The number of aromatic nitrogens is 1. The van der Waals surface area contributed by atoms with E-state index in [0.29, 0.717) is 11.4 Å². The van der Waals surface area contributed by atoms with Gasteiger partial charge in [0.1, 0.15) is 6.54 Å². The smallest absolute Gasteiger partial charge is 0.264 e. The zero-order valence-corrected chi connectivity index (χ0v) is 25.8. The number of aryl methyl sites for hydroxylation is 2. The first kappa shape index (κ1) is 29.9. The number of nitrogens with one attached hydrogen (secondary N) is 1. The van der Waals surface area contributed by atoms with Crippen LogP contribution >= 0.6 is 15.9 Å². The second-order valence-electron chi connectivity index (χ2n) is 9.27. The van der Waals surface area contributed by atoms with Crippen LogP contribution in [0, 0.1) is 20.8 Å². The van der Waals surface area contributed by atoms with Crippen molar-refractivity contribution in [2.45, 2.75) is 25.7 Å². The summed E-state index contributed by atoms with van der Waals surface area (Å²) in [6.07, 6.45) is 1.55. The van der Waals surface area contributed by atoms with Gasteiger partial charge in [0, 0.05) is 27.5 Å². The first-order valence-electron chi connectivity index (χ1n) is 12.6. The van der Waals surface area contributed by atoms with Crippen molar-refractivity contribution >= 4 is 43.8 Å². The topological polar surface area (TPSA) is 102 Å². The summed E-state index contributed by atoms with van der Waals surface area (Å²) >= 11 is 3.60. The average molecular weight is 640 g/mol. The average Bonchev–Trinajstić information content (AvgIpc) is 3.24. The third-order valence-corrected chi connectivity index (χ3v) is 8.95. The molecule has 11 heteroatoms. The maximum absolute atomic E-state index is 13.8. The molecule has 9 nitrogen and oxygen atoms in total. The second kappa shape index (κ2) is 12.6. The molecule has 3 aromatic carbocycles. The summed E-state index contributed by atoms with van der Waals surface area (Å²) in [4.78, 5) is 13.0. The van der Waals surface area contributed by atoms with Crippen LogP contribution in [0.4, 0.5) is 5.69 Å². The standard InChI is InChI=1S/C30H31BrN4O5S/c1-20-10-12-24(13-11-20)34(41(37,38)25-14-15-28(39-4)29(17-25)40-5)19-30(36)33-32-18-23-16-21(2)35(22(23)3)27-9-7-6-8-26(27)31/h6-18H,19H2,1-5H3,(H,33,36)/b32-18-. The van der Waals surface area contributed by atoms with E-state index >= 15 is 0 Å². The van der Waals surface area contributed by atoms with Crippen LogP contribution in [0.25, 0.3) is 5.69 Å². The van der Waals surface area contributed by atoms with Gasteiger partial charge in [-0.25, -0.2) is 13.8 Å². The molecule has 0 unspecified atom stereocenters. The van der Waals surface area contributed by atoms with Crippen molar-refractivity contribution in [1.29, 1.82) is 0 Å². The number of rotatable bonds is 10. The van der Waals surface area contributed by atoms with E-state index in [2.05, 4.69) is 31.0 Å². The van der Waals surface area contributed by atoms with Crippen LogP contribution in [0.2, 0.25) is 0 Å². The first-order valence-corrected chi connectivity index (χ1v) is 14.9. The van der Waals surface area contributed by atoms with Gasteiger partial charge in [0.15, 0.2) is 11.5 Å². The number of carbonyl (C=O) groups is 1. The molecule has 0 radical (unpaired) electrons. The van der Waals surface area contributed by atoms with E-state index in [9.17, 15) is 13.2 Å². The fraction of sp³-hybridized carbons (Fsp3) is 0.200. The molecule has 4 aromatic rings. The van der Waals surface area contributed by atoms with Gasteiger partial charge in [-0.2, -0.15) is 5.10 Å². The van der Waals surface area contributed by atoms with Gasteiger partial charge in [0.2, 0.25) is 0 Å². The fourth-order valence-electron chi connectivity index (χ4n) is 4.39. The molecule has 0 saturated heterocycles. The van der Waals surface area contributed by atoms with Gasteiger partial charge in [-0.1, -0.05) is 29.8 Å². The van der Waals surface area contributed by atoms with Crippen molar-refractivity contribution in [3.63, 3.8) is 0 Å². The molecular formula is C30H31BrN4O5S. The van der Waals surface area contributed by atoms with E-state index in [-0.39, 0.29) is 10.6 Å². The number of sulfonamides is 1. The van der Waals surface area contributed by atoms with Crippen LogP contribution in [0.3, 0.4) is 0 Å². The largest absolute Gasteiger partial charge is 0.493 e. The lowest BCUT2D eigenvalue weighted by molar-refractivity contribution is -0.119. The first-order chi connectivity index (χ1) is 19.6. The van der Waals surface area contributed by atoms with Crippen LogP contribution in [0.1, 0.15) is 22.5 Å². The predicted molar refractivity (Wildman–Crippen MR) is 164 cm³/mol. The minimum absolute atomic E-state index is 0.0495. The number of methoxy groups -OCH3 is 2. The van der Waals surface area contributed by atoms with Gasteiger partial charge >= 0.3 is 0 Å². The molecule has 0 saturated carbocycles. The highest BCUT2D eigenvalue weighted by molar-refractivity contribution is 9.10. The monoisotopic (exact) mass is 638 g/mol. The number of amides is 1. The minimum Gasteiger partial charge on any atom is -0.493 e. The summed E-state index contributed by atoms with van der Waals surface area (Å²) in [5.74, 6) is 0.0384. The number of hydrogen-bond donors (Lipinski definition) is 1. The Kier molecular flexibility index (Phi) is 9.19. The highest BCUT2D eigenvalue weighted by Gasteiger charge is 2.28. The Hall–Kier alpha value is -4.09. The summed E-state index contributed by atoms with van der Waals surface area (Å²) in [5, 5.41) is 4.13. The second-order valence-corrected chi connectivity index (χ2v) is 12.0. The lowest BCUT2D eigenvalue weighted by Gasteiger charge is -2.24. The summed E-state index contributed by atoms with van der Waals surface area (Å²) < 4.78 is 42.1. The number of nitrogens with zero attached hydrogens (tertiary/aromatic N) is 3. The molecule has 1 N–H and O–H groups in total. The highest BCUT2D eigenvalue weighted by Crippen LogP contribution is 2.32. The Morgan fingerprint density at radius 3 is 2.32 bits per heavy atom. The number of para-hydroxylation sites is 1. The van der Waals surface area contributed by atoms with Gasteiger partial charge in [-0.15, -0.1) is 0 Å².